The number of methoxy groups -OCH3 is 1. The third kappa shape index (κ3) is 6.25. The van der Waals surface area contributed by atoms with Gasteiger partial charge in [0.15, 0.2) is 0 Å². The van der Waals surface area contributed by atoms with Gasteiger partial charge in [0.2, 0.25) is 0 Å². The summed E-state index contributed by atoms with van der Waals surface area (Å²) in [4.78, 5) is 17.1. The second-order valence-electron chi connectivity index (χ2n) is 11.3. The van der Waals surface area contributed by atoms with E-state index in [1.165, 1.54) is 6.07 Å². The predicted octanol–water partition coefficient (Wildman–Crippen LogP) is 8.33. The van der Waals surface area contributed by atoms with Crippen LogP contribution in [0, 0.1) is 13.8 Å². The van der Waals surface area contributed by atoms with Crippen LogP contribution in [0.15, 0.2) is 78.2 Å². The lowest BCUT2D eigenvalue weighted by Crippen LogP contribution is -2.36. The van der Waals surface area contributed by atoms with E-state index < -0.39 is 26.6 Å². The average molecular weight is 647 g/mol. The van der Waals surface area contributed by atoms with Crippen molar-refractivity contribution >= 4 is 33.2 Å². The molecule has 2 aromatic carbocycles. The van der Waals surface area contributed by atoms with Gasteiger partial charge >= 0.3 is 10.2 Å². The Balaban J connectivity index is 1.35. The molecule has 1 saturated heterocycles. The standard InChI is InChI=1S/C31H31F5N6O2S/c1-20-13-21(2)29(41-11-12-42-30(41)18-28(39-42)22-5-4-8-37-19-22)17-27(20)38-31(43)23-14-24(40-9-6-25(44-3)7-10-40)16-26(15-23)45(32,33,34,35)36/h4-5,8,11-19,25H,6-7,9-10H2,1-3H3,(H,38,43). The molecule has 0 atom stereocenters. The molecule has 1 aliphatic rings. The van der Waals surface area contributed by atoms with Crippen LogP contribution in [0.1, 0.15) is 34.3 Å². The number of nitrogens with zero attached hydrogens (tertiary/aromatic N) is 5. The Hall–Kier alpha value is -4.43. The molecule has 0 saturated carbocycles. The molecule has 1 N–H and O–H groups in total. The largest absolute Gasteiger partial charge is 0.381 e. The summed E-state index contributed by atoms with van der Waals surface area (Å²) in [5.74, 6) is -0.939. The Labute approximate surface area is 256 Å². The van der Waals surface area contributed by atoms with Gasteiger partial charge in [-0.25, -0.2) is 4.52 Å². The summed E-state index contributed by atoms with van der Waals surface area (Å²) in [6.45, 7) is 4.23. The minimum absolute atomic E-state index is 0.0763. The van der Waals surface area contributed by atoms with Crippen molar-refractivity contribution in [3.05, 3.63) is 90.0 Å². The average Bonchev–Trinajstić information content (AvgIpc) is 3.59. The molecule has 0 radical (unpaired) electrons. The molecule has 1 aliphatic heterocycles. The van der Waals surface area contributed by atoms with Crippen molar-refractivity contribution < 1.29 is 29.0 Å². The number of amides is 1. The van der Waals surface area contributed by atoms with Crippen LogP contribution in [0.2, 0.25) is 0 Å². The zero-order valence-electron chi connectivity index (χ0n) is 24.7. The lowest BCUT2D eigenvalue weighted by Gasteiger charge is -2.41. The van der Waals surface area contributed by atoms with E-state index in [1.807, 2.05) is 35.8 Å². The van der Waals surface area contributed by atoms with E-state index in [0.717, 1.165) is 16.8 Å². The SMILES string of the molecule is COC1CCN(c2cc(C(=O)Nc3cc(-n4ccn5nc(-c6cccnc6)cc45)c(C)cc3C)cc(S(F)(F)(F)(F)F)c2)CC1. The van der Waals surface area contributed by atoms with Crippen LogP contribution in [0.25, 0.3) is 22.6 Å². The summed E-state index contributed by atoms with van der Waals surface area (Å²) in [6, 6.07) is 11.0. The molecule has 4 heterocycles. The molecule has 0 unspecified atom stereocenters. The summed E-state index contributed by atoms with van der Waals surface area (Å²) in [7, 11) is -8.56. The number of carbonyl (C=O) groups is 1. The van der Waals surface area contributed by atoms with Crippen LogP contribution in [0.4, 0.5) is 30.8 Å². The highest BCUT2D eigenvalue weighted by Gasteiger charge is 2.65. The van der Waals surface area contributed by atoms with Gasteiger partial charge in [-0.1, -0.05) is 25.5 Å². The van der Waals surface area contributed by atoms with E-state index in [0.29, 0.717) is 54.6 Å². The normalized spacial score (nSPS) is 16.0. The molecule has 8 nitrogen and oxygen atoms in total. The third-order valence-electron chi connectivity index (χ3n) is 8.07. The molecule has 3 aromatic heterocycles. The van der Waals surface area contributed by atoms with Crippen LogP contribution >= 0.6 is 10.2 Å². The minimum atomic E-state index is -10.1. The van der Waals surface area contributed by atoms with Crippen molar-refractivity contribution in [2.75, 3.05) is 30.4 Å². The fourth-order valence-electron chi connectivity index (χ4n) is 5.64. The Morgan fingerprint density at radius 3 is 2.40 bits per heavy atom. The summed E-state index contributed by atoms with van der Waals surface area (Å²) in [6.07, 6.45) is 7.89. The van der Waals surface area contributed by atoms with Gasteiger partial charge in [0.25, 0.3) is 5.91 Å². The third-order valence-corrected chi connectivity index (χ3v) is 9.19. The predicted molar refractivity (Wildman–Crippen MR) is 165 cm³/mol. The Morgan fingerprint density at radius 1 is 0.978 bits per heavy atom. The van der Waals surface area contributed by atoms with Gasteiger partial charge in [-0.15, -0.1) is 0 Å². The smallest absolute Gasteiger partial charge is 0.310 e. The number of imidazole rings is 1. The number of carbonyl (C=O) groups excluding carboxylic acids is 1. The first-order chi connectivity index (χ1) is 21.1. The Kier molecular flexibility index (Phi) is 7.01. The van der Waals surface area contributed by atoms with E-state index in [1.54, 1.807) is 54.3 Å². The number of fused-ring (bicyclic) bond motifs is 1. The first-order valence-corrected chi connectivity index (χ1v) is 16.1. The van der Waals surface area contributed by atoms with Crippen molar-refractivity contribution in [3.8, 4) is 16.9 Å². The molecule has 45 heavy (non-hydrogen) atoms. The summed E-state index contributed by atoms with van der Waals surface area (Å²) in [5.41, 5.74) is 4.15. The van der Waals surface area contributed by atoms with E-state index in [4.69, 9.17) is 4.74 Å². The van der Waals surface area contributed by atoms with Crippen LogP contribution < -0.4 is 10.2 Å². The summed E-state index contributed by atoms with van der Waals surface area (Å²) < 4.78 is 79.2. The second-order valence-corrected chi connectivity index (χ2v) is 13.7. The van der Waals surface area contributed by atoms with Crippen LogP contribution in [-0.4, -0.2) is 51.4 Å². The molecular weight excluding hydrogens is 615 g/mol. The number of hydrogen-bond acceptors (Lipinski definition) is 5. The Morgan fingerprint density at radius 2 is 1.73 bits per heavy atom. The maximum atomic E-state index is 14.1. The molecule has 238 valence electrons. The van der Waals surface area contributed by atoms with Crippen molar-refractivity contribution in [2.45, 2.75) is 37.7 Å². The van der Waals surface area contributed by atoms with E-state index >= 15 is 0 Å². The number of pyridine rings is 1. The minimum Gasteiger partial charge on any atom is -0.381 e. The molecule has 0 spiro atoms. The van der Waals surface area contributed by atoms with Gasteiger partial charge in [0.05, 0.1) is 17.5 Å². The second kappa shape index (κ2) is 10.3. The van der Waals surface area contributed by atoms with Crippen LogP contribution in [0.5, 0.6) is 0 Å². The van der Waals surface area contributed by atoms with Gasteiger partial charge in [0.1, 0.15) is 10.5 Å². The highest BCUT2D eigenvalue weighted by molar-refractivity contribution is 8.45. The van der Waals surface area contributed by atoms with Crippen molar-refractivity contribution in [1.29, 1.82) is 0 Å². The molecular formula is C31H31F5N6O2S. The van der Waals surface area contributed by atoms with Crippen LogP contribution in [0.3, 0.4) is 0 Å². The van der Waals surface area contributed by atoms with Gasteiger partial charge in [-0.2, -0.15) is 5.10 Å². The van der Waals surface area contributed by atoms with Crippen LogP contribution in [-0.2, 0) is 4.74 Å². The van der Waals surface area contributed by atoms with Gasteiger partial charge < -0.3 is 15.0 Å². The van der Waals surface area contributed by atoms with E-state index in [-0.39, 0.29) is 17.9 Å². The number of halogens is 5. The zero-order chi connectivity index (χ0) is 32.2. The topological polar surface area (TPSA) is 76.7 Å². The highest BCUT2D eigenvalue weighted by atomic mass is 32.5. The molecule has 1 fully saturated rings. The number of rotatable bonds is 7. The number of benzene rings is 2. The molecule has 5 aromatic rings. The number of anilines is 2. The molecule has 14 heteroatoms. The van der Waals surface area contributed by atoms with Crippen molar-refractivity contribution in [3.63, 3.8) is 0 Å². The Bertz CT molecular complexity index is 1920. The first-order valence-electron chi connectivity index (χ1n) is 14.2. The lowest BCUT2D eigenvalue weighted by molar-refractivity contribution is 0.0819. The fourth-order valence-corrected chi connectivity index (χ4v) is 6.33. The molecule has 6 rings (SSSR count). The van der Waals surface area contributed by atoms with Gasteiger partial charge in [-0.3, -0.25) is 14.3 Å². The van der Waals surface area contributed by atoms with Crippen molar-refractivity contribution in [2.24, 2.45) is 0 Å². The maximum absolute atomic E-state index is 14.1. The first kappa shape index (κ1) is 30.6. The number of nitrogens with one attached hydrogen (secondary N) is 1. The number of aryl methyl sites for hydroxylation is 2. The fraction of sp³-hybridized carbons (Fsp3) is 0.258. The van der Waals surface area contributed by atoms with Gasteiger partial charge in [-0.05, 0) is 74.2 Å². The maximum Gasteiger partial charge on any atom is 0.310 e. The summed E-state index contributed by atoms with van der Waals surface area (Å²) >= 11 is 0. The monoisotopic (exact) mass is 646 g/mol. The number of ether oxygens (including phenoxy) is 1. The number of hydrogen-bond donors (Lipinski definition) is 1. The van der Waals surface area contributed by atoms with E-state index in [9.17, 15) is 24.2 Å². The van der Waals surface area contributed by atoms with E-state index in [2.05, 4.69) is 15.4 Å². The summed E-state index contributed by atoms with van der Waals surface area (Å²) in [5, 5.41) is 7.27. The van der Waals surface area contributed by atoms with Gasteiger partial charge in [0, 0.05) is 73.6 Å². The zero-order valence-corrected chi connectivity index (χ0v) is 25.5. The highest BCUT2D eigenvalue weighted by Crippen LogP contribution is 3.02. The number of piperidine rings is 1. The molecule has 0 bridgehead atoms. The lowest BCUT2D eigenvalue weighted by atomic mass is 10.1. The quantitative estimate of drug-likeness (QED) is 0.180. The molecule has 0 aliphatic carbocycles. The molecule has 1 amide bonds. The van der Waals surface area contributed by atoms with Crippen molar-refractivity contribution in [1.82, 2.24) is 19.2 Å². The number of aromatic nitrogens is 4.